The number of fused-ring (bicyclic) bond motifs is 1. The van der Waals surface area contributed by atoms with Crippen molar-refractivity contribution >= 4 is 33.0 Å². The van der Waals surface area contributed by atoms with Crippen molar-refractivity contribution in [2.75, 3.05) is 19.0 Å². The molecule has 0 aliphatic heterocycles. The molecule has 154 valence electrons. The highest BCUT2D eigenvalue weighted by molar-refractivity contribution is 7.21. The van der Waals surface area contributed by atoms with Crippen LogP contribution < -0.4 is 5.32 Å². The first-order chi connectivity index (χ1) is 13.1. The Hall–Kier alpha value is -1.84. The minimum absolute atomic E-state index is 0.0758. The molecule has 1 fully saturated rings. The van der Waals surface area contributed by atoms with Gasteiger partial charge in [0.1, 0.15) is 11.2 Å². The summed E-state index contributed by atoms with van der Waals surface area (Å²) in [5.41, 5.74) is 0.274. The minimum atomic E-state index is -0.575. The van der Waals surface area contributed by atoms with Gasteiger partial charge in [0.2, 0.25) is 0 Å². The van der Waals surface area contributed by atoms with E-state index in [4.69, 9.17) is 19.2 Å². The topological polar surface area (TPSA) is 95.5 Å². The van der Waals surface area contributed by atoms with E-state index in [1.54, 1.807) is 13.3 Å². The zero-order chi connectivity index (χ0) is 20.5. The maximum atomic E-state index is 12.0. The van der Waals surface area contributed by atoms with Gasteiger partial charge in [0.15, 0.2) is 15.6 Å². The first-order valence-electron chi connectivity index (χ1n) is 9.41. The van der Waals surface area contributed by atoms with Crippen LogP contribution in [0.25, 0.3) is 10.5 Å². The Kier molecular flexibility index (Phi) is 5.88. The van der Waals surface area contributed by atoms with E-state index in [0.29, 0.717) is 28.1 Å². The van der Waals surface area contributed by atoms with Crippen molar-refractivity contribution in [1.29, 1.82) is 0 Å². The molecule has 0 atom stereocenters. The summed E-state index contributed by atoms with van der Waals surface area (Å²) in [6.45, 7) is 10.2. The molecule has 1 N–H and O–H groups in total. The standard InChI is InChI=1S/C19H28N4O4S/c1-11(2)26-19(7-12(8-19)10-25-6)13-9-20-14-15(21-13)28-16(22-14)23-17(24)27-18(3,4)5/h9,11-12H,7-8,10H2,1-6H3,(H,20,22,23,24). The summed E-state index contributed by atoms with van der Waals surface area (Å²) in [5, 5.41) is 3.06. The molecule has 0 saturated heterocycles. The lowest BCUT2D eigenvalue weighted by Crippen LogP contribution is -2.47. The molecule has 0 radical (unpaired) electrons. The predicted molar refractivity (Wildman–Crippen MR) is 108 cm³/mol. The monoisotopic (exact) mass is 408 g/mol. The number of thiazole rings is 1. The van der Waals surface area contributed by atoms with E-state index in [2.05, 4.69) is 15.3 Å². The number of hydrogen-bond acceptors (Lipinski definition) is 8. The highest BCUT2D eigenvalue weighted by Gasteiger charge is 2.48. The van der Waals surface area contributed by atoms with Gasteiger partial charge < -0.3 is 14.2 Å². The molecule has 3 rings (SSSR count). The number of amides is 1. The molecule has 0 unspecified atom stereocenters. The van der Waals surface area contributed by atoms with Crippen molar-refractivity contribution in [2.24, 2.45) is 5.92 Å². The summed E-state index contributed by atoms with van der Waals surface area (Å²) in [4.78, 5) is 26.1. The van der Waals surface area contributed by atoms with Gasteiger partial charge in [0.05, 0.1) is 18.0 Å². The summed E-state index contributed by atoms with van der Waals surface area (Å²) in [6, 6.07) is 0. The number of nitrogens with zero attached hydrogens (tertiary/aromatic N) is 3. The lowest BCUT2D eigenvalue weighted by Gasteiger charge is -2.47. The van der Waals surface area contributed by atoms with Crippen molar-refractivity contribution in [3.8, 4) is 0 Å². The van der Waals surface area contributed by atoms with Gasteiger partial charge in [-0.15, -0.1) is 0 Å². The third kappa shape index (κ3) is 4.76. The van der Waals surface area contributed by atoms with Gasteiger partial charge in [-0.1, -0.05) is 11.3 Å². The van der Waals surface area contributed by atoms with E-state index in [1.807, 2.05) is 34.6 Å². The van der Waals surface area contributed by atoms with Gasteiger partial charge in [0.25, 0.3) is 0 Å². The van der Waals surface area contributed by atoms with Crippen LogP contribution in [0.3, 0.4) is 0 Å². The molecule has 8 nitrogen and oxygen atoms in total. The fraction of sp³-hybridized carbons (Fsp3) is 0.684. The van der Waals surface area contributed by atoms with E-state index in [0.717, 1.165) is 18.5 Å². The van der Waals surface area contributed by atoms with Crippen molar-refractivity contribution in [3.05, 3.63) is 11.9 Å². The lowest BCUT2D eigenvalue weighted by atomic mass is 9.69. The molecule has 28 heavy (non-hydrogen) atoms. The molecule has 0 spiro atoms. The van der Waals surface area contributed by atoms with Crippen molar-refractivity contribution in [1.82, 2.24) is 15.0 Å². The second kappa shape index (κ2) is 7.88. The number of carbonyl (C=O) groups excluding carboxylic acids is 1. The van der Waals surface area contributed by atoms with Gasteiger partial charge in [-0.05, 0) is 53.4 Å². The number of anilines is 1. The number of hydrogen-bond donors (Lipinski definition) is 1. The van der Waals surface area contributed by atoms with Crippen LogP contribution in [0.1, 0.15) is 53.2 Å². The van der Waals surface area contributed by atoms with Crippen molar-refractivity contribution in [3.63, 3.8) is 0 Å². The smallest absolute Gasteiger partial charge is 0.413 e. The van der Waals surface area contributed by atoms with Crippen LogP contribution >= 0.6 is 11.3 Å². The molecule has 9 heteroatoms. The zero-order valence-electron chi connectivity index (χ0n) is 17.2. The summed E-state index contributed by atoms with van der Waals surface area (Å²) in [5.74, 6) is 0.451. The van der Waals surface area contributed by atoms with Crippen LogP contribution in [-0.4, -0.2) is 46.5 Å². The van der Waals surface area contributed by atoms with Crippen LogP contribution in [0.2, 0.25) is 0 Å². The average Bonchev–Trinajstić information content (AvgIpc) is 2.91. The Morgan fingerprint density at radius 1 is 1.36 bits per heavy atom. The Balaban J connectivity index is 1.80. The summed E-state index contributed by atoms with van der Waals surface area (Å²) in [7, 11) is 1.71. The molecule has 1 aliphatic rings. The SMILES string of the molecule is COCC1CC(OC(C)C)(c2cnc3nc(NC(=O)OC(C)(C)C)sc3n2)C1. The predicted octanol–water partition coefficient (Wildman–Crippen LogP) is 4.11. The van der Waals surface area contributed by atoms with Crippen LogP contribution in [0.4, 0.5) is 9.93 Å². The summed E-state index contributed by atoms with van der Waals surface area (Å²) >= 11 is 1.27. The second-order valence-electron chi connectivity index (χ2n) is 8.42. The molecule has 2 aromatic heterocycles. The third-order valence-corrected chi connectivity index (χ3v) is 5.15. The number of ether oxygens (including phenoxy) is 3. The third-order valence-electron chi connectivity index (χ3n) is 4.30. The molecule has 1 saturated carbocycles. The molecule has 1 amide bonds. The summed E-state index contributed by atoms with van der Waals surface area (Å²) < 4.78 is 16.8. The number of carbonyl (C=O) groups is 1. The minimum Gasteiger partial charge on any atom is -0.444 e. The van der Waals surface area contributed by atoms with Crippen LogP contribution in [0.15, 0.2) is 6.20 Å². The molecule has 1 aliphatic carbocycles. The molecular weight excluding hydrogens is 380 g/mol. The fourth-order valence-electron chi connectivity index (χ4n) is 3.43. The average molecular weight is 409 g/mol. The lowest BCUT2D eigenvalue weighted by molar-refractivity contribution is -0.171. The quantitative estimate of drug-likeness (QED) is 0.768. The van der Waals surface area contributed by atoms with Gasteiger partial charge in [-0.2, -0.15) is 4.98 Å². The van der Waals surface area contributed by atoms with E-state index in [-0.39, 0.29) is 6.10 Å². The zero-order valence-corrected chi connectivity index (χ0v) is 18.1. The Morgan fingerprint density at radius 3 is 2.68 bits per heavy atom. The fourth-order valence-corrected chi connectivity index (χ4v) is 4.21. The highest BCUT2D eigenvalue weighted by atomic mass is 32.1. The number of rotatable bonds is 6. The largest absolute Gasteiger partial charge is 0.444 e. The molecule has 0 bridgehead atoms. The number of nitrogens with one attached hydrogen (secondary N) is 1. The van der Waals surface area contributed by atoms with Gasteiger partial charge in [-0.3, -0.25) is 5.32 Å². The molecule has 2 heterocycles. The van der Waals surface area contributed by atoms with Crippen molar-refractivity contribution in [2.45, 2.75) is 64.8 Å². The van der Waals surface area contributed by atoms with E-state index < -0.39 is 17.3 Å². The Morgan fingerprint density at radius 2 is 2.07 bits per heavy atom. The Bertz CT molecular complexity index is 840. The first-order valence-corrected chi connectivity index (χ1v) is 10.2. The van der Waals surface area contributed by atoms with E-state index >= 15 is 0 Å². The first kappa shape index (κ1) is 20.9. The van der Waals surface area contributed by atoms with E-state index in [9.17, 15) is 4.79 Å². The van der Waals surface area contributed by atoms with Crippen LogP contribution in [0.5, 0.6) is 0 Å². The van der Waals surface area contributed by atoms with E-state index in [1.165, 1.54) is 11.3 Å². The Labute approximate surface area is 169 Å². The normalized spacial score (nSPS) is 22.3. The highest BCUT2D eigenvalue weighted by Crippen LogP contribution is 2.49. The number of methoxy groups -OCH3 is 1. The van der Waals surface area contributed by atoms with Gasteiger partial charge in [0, 0.05) is 13.7 Å². The molecule has 2 aromatic rings. The maximum absolute atomic E-state index is 12.0. The van der Waals surface area contributed by atoms with Crippen molar-refractivity contribution < 1.29 is 19.0 Å². The maximum Gasteiger partial charge on any atom is 0.413 e. The second-order valence-corrected chi connectivity index (χ2v) is 9.40. The van der Waals surface area contributed by atoms with Gasteiger partial charge in [-0.25, -0.2) is 14.8 Å². The van der Waals surface area contributed by atoms with Crippen LogP contribution in [0, 0.1) is 5.92 Å². The molecule has 0 aromatic carbocycles. The number of aromatic nitrogens is 3. The van der Waals surface area contributed by atoms with Gasteiger partial charge >= 0.3 is 6.09 Å². The molecular formula is C19H28N4O4S. The van der Waals surface area contributed by atoms with Crippen LogP contribution in [-0.2, 0) is 19.8 Å². The summed E-state index contributed by atoms with van der Waals surface area (Å²) in [6.07, 6.45) is 2.95.